The Balaban J connectivity index is 1.44. The van der Waals surface area contributed by atoms with E-state index in [-0.39, 0.29) is 5.91 Å². The molecule has 2 aromatic rings. The Bertz CT molecular complexity index is 856. The maximum absolute atomic E-state index is 12.9. The van der Waals surface area contributed by atoms with E-state index in [2.05, 4.69) is 11.9 Å². The number of ether oxygens (including phenoxy) is 1. The van der Waals surface area contributed by atoms with Crippen LogP contribution in [0.3, 0.4) is 0 Å². The van der Waals surface area contributed by atoms with Gasteiger partial charge in [0, 0.05) is 25.2 Å². The summed E-state index contributed by atoms with van der Waals surface area (Å²) in [5.41, 5.74) is 0.533. The van der Waals surface area contributed by atoms with Crippen LogP contribution >= 0.6 is 11.6 Å². The zero-order valence-corrected chi connectivity index (χ0v) is 18.4. The molecular formula is C20H27ClN4O3S. The van der Waals surface area contributed by atoms with Gasteiger partial charge in [0.1, 0.15) is 5.75 Å². The van der Waals surface area contributed by atoms with Crippen LogP contribution in [0.25, 0.3) is 0 Å². The van der Waals surface area contributed by atoms with Gasteiger partial charge in [-0.05, 0) is 43.5 Å². The number of aryl methyl sites for hydroxylation is 1. The van der Waals surface area contributed by atoms with Gasteiger partial charge in [-0.1, -0.05) is 31.4 Å². The highest BCUT2D eigenvalue weighted by Crippen LogP contribution is 2.28. The number of hydrogen-bond donors (Lipinski definition) is 0. The fourth-order valence-corrected chi connectivity index (χ4v) is 4.47. The summed E-state index contributed by atoms with van der Waals surface area (Å²) in [6, 6.07) is 7.32. The van der Waals surface area contributed by atoms with Crippen molar-refractivity contribution >= 4 is 34.5 Å². The number of carbonyl (C=O) groups excluding carboxylic acids is 1. The fraction of sp³-hybridized carbons (Fsp3) is 0.500. The molecule has 7 nitrogen and oxygen atoms in total. The van der Waals surface area contributed by atoms with Gasteiger partial charge in [-0.25, -0.2) is 13.5 Å². The van der Waals surface area contributed by atoms with E-state index in [9.17, 15) is 9.00 Å². The minimum atomic E-state index is -1.53. The Morgan fingerprint density at radius 2 is 1.83 bits per heavy atom. The smallest absolute Gasteiger partial charge is 0.287 e. The van der Waals surface area contributed by atoms with Gasteiger partial charge in [-0.15, -0.1) is 0 Å². The molecule has 0 spiro atoms. The molecule has 0 bridgehead atoms. The summed E-state index contributed by atoms with van der Waals surface area (Å²) in [6.07, 6.45) is 6.20. The number of fused-ring (bicyclic) bond motifs is 1. The number of carbonyl (C=O) groups is 1. The number of halogens is 1. The molecule has 9 heteroatoms. The van der Waals surface area contributed by atoms with E-state index in [0.717, 1.165) is 44.4 Å². The highest BCUT2D eigenvalue weighted by atomic mass is 35.5. The summed E-state index contributed by atoms with van der Waals surface area (Å²) in [5.74, 6) is 1.11. The zero-order valence-electron chi connectivity index (χ0n) is 16.8. The van der Waals surface area contributed by atoms with Crippen LogP contribution in [0, 0.1) is 0 Å². The van der Waals surface area contributed by atoms with Crippen molar-refractivity contribution in [2.75, 3.05) is 24.5 Å². The van der Waals surface area contributed by atoms with Gasteiger partial charge in [0.05, 0.1) is 12.9 Å². The SMILES string of the molecule is CCCn1cnc2c1C(=O)N(CCCCCCOc1ccc(Cl)cc1)S(=O)N2C. The third-order valence-electron chi connectivity index (χ3n) is 4.77. The number of nitrogens with zero attached hydrogens (tertiary/aromatic N) is 4. The van der Waals surface area contributed by atoms with Crippen molar-refractivity contribution in [1.82, 2.24) is 13.9 Å². The number of aromatic nitrogens is 2. The Morgan fingerprint density at radius 3 is 2.55 bits per heavy atom. The van der Waals surface area contributed by atoms with Crippen molar-refractivity contribution in [2.45, 2.75) is 45.6 Å². The van der Waals surface area contributed by atoms with Gasteiger partial charge in [-0.2, -0.15) is 0 Å². The van der Waals surface area contributed by atoms with Crippen molar-refractivity contribution in [3.8, 4) is 5.75 Å². The molecule has 0 saturated heterocycles. The van der Waals surface area contributed by atoms with Crippen molar-refractivity contribution in [1.29, 1.82) is 0 Å². The molecule has 0 aliphatic carbocycles. The Labute approximate surface area is 179 Å². The Hall–Kier alpha value is -2.06. The molecule has 1 atom stereocenters. The maximum atomic E-state index is 12.9. The lowest BCUT2D eigenvalue weighted by Gasteiger charge is -2.31. The quantitative estimate of drug-likeness (QED) is 0.524. The number of anilines is 1. The predicted octanol–water partition coefficient (Wildman–Crippen LogP) is 4.06. The van der Waals surface area contributed by atoms with Crippen molar-refractivity contribution in [3.63, 3.8) is 0 Å². The van der Waals surface area contributed by atoms with Crippen LogP contribution in [0.1, 0.15) is 49.5 Å². The van der Waals surface area contributed by atoms with E-state index in [4.69, 9.17) is 16.3 Å². The molecule has 0 fully saturated rings. The lowest BCUT2D eigenvalue weighted by atomic mass is 10.2. The van der Waals surface area contributed by atoms with Crippen LogP contribution in [-0.4, -0.2) is 44.2 Å². The molecule has 158 valence electrons. The third kappa shape index (κ3) is 5.11. The number of unbranched alkanes of at least 4 members (excludes halogenated alkanes) is 3. The first kappa shape index (κ1) is 21.6. The molecular weight excluding hydrogens is 412 g/mol. The number of rotatable bonds is 10. The summed E-state index contributed by atoms with van der Waals surface area (Å²) in [5, 5.41) is 0.692. The summed E-state index contributed by atoms with van der Waals surface area (Å²) in [6.45, 7) is 3.87. The molecule has 1 amide bonds. The van der Waals surface area contributed by atoms with Gasteiger partial charge < -0.3 is 9.30 Å². The molecule has 2 heterocycles. The lowest BCUT2D eigenvalue weighted by molar-refractivity contribution is 0.0851. The average molecular weight is 439 g/mol. The molecule has 29 heavy (non-hydrogen) atoms. The van der Waals surface area contributed by atoms with Gasteiger partial charge in [-0.3, -0.25) is 9.10 Å². The average Bonchev–Trinajstić information content (AvgIpc) is 3.13. The first-order valence-corrected chi connectivity index (χ1v) is 11.4. The van der Waals surface area contributed by atoms with Crippen LogP contribution in [0.15, 0.2) is 30.6 Å². The van der Waals surface area contributed by atoms with E-state index < -0.39 is 11.2 Å². The van der Waals surface area contributed by atoms with Crippen LogP contribution in [0.2, 0.25) is 5.02 Å². The second-order valence-electron chi connectivity index (χ2n) is 6.96. The molecule has 1 aliphatic heterocycles. The molecule has 0 saturated carbocycles. The summed E-state index contributed by atoms with van der Waals surface area (Å²) in [4.78, 5) is 17.2. The minimum Gasteiger partial charge on any atom is -0.494 e. The minimum absolute atomic E-state index is 0.201. The summed E-state index contributed by atoms with van der Waals surface area (Å²) >= 11 is 4.32. The topological polar surface area (TPSA) is 67.7 Å². The molecule has 1 aliphatic rings. The fourth-order valence-electron chi connectivity index (χ4n) is 3.25. The normalized spacial score (nSPS) is 16.2. The van der Waals surface area contributed by atoms with Crippen LogP contribution < -0.4 is 9.04 Å². The highest BCUT2D eigenvalue weighted by Gasteiger charge is 2.37. The first-order valence-electron chi connectivity index (χ1n) is 9.94. The van der Waals surface area contributed by atoms with Gasteiger partial charge in [0.25, 0.3) is 5.91 Å². The number of imidazole rings is 1. The standard InChI is InChI=1S/C20H27ClN4O3S/c1-3-12-24-15-22-19-18(24)20(26)25(29(27)23(19)2)13-6-4-5-7-14-28-17-10-8-16(21)9-11-17/h8-11,15H,3-7,12-14H2,1-2H3. The van der Waals surface area contributed by atoms with E-state index in [0.29, 0.717) is 29.7 Å². The molecule has 1 aromatic carbocycles. The monoisotopic (exact) mass is 438 g/mol. The molecule has 0 N–H and O–H groups in total. The summed E-state index contributed by atoms with van der Waals surface area (Å²) < 4.78 is 23.2. The van der Waals surface area contributed by atoms with Gasteiger partial charge >= 0.3 is 0 Å². The molecule has 1 unspecified atom stereocenters. The number of benzene rings is 1. The summed E-state index contributed by atoms with van der Waals surface area (Å²) in [7, 11) is 1.71. The predicted molar refractivity (Wildman–Crippen MR) is 116 cm³/mol. The second-order valence-corrected chi connectivity index (χ2v) is 8.85. The lowest BCUT2D eigenvalue weighted by Crippen LogP contribution is -2.46. The van der Waals surface area contributed by atoms with Crippen LogP contribution in [-0.2, 0) is 17.7 Å². The van der Waals surface area contributed by atoms with E-state index >= 15 is 0 Å². The van der Waals surface area contributed by atoms with E-state index in [1.54, 1.807) is 17.7 Å². The molecule has 3 rings (SSSR count). The number of hydrogen-bond acceptors (Lipinski definition) is 4. The van der Waals surface area contributed by atoms with Crippen molar-refractivity contribution in [2.24, 2.45) is 0 Å². The largest absolute Gasteiger partial charge is 0.494 e. The molecule has 0 radical (unpaired) electrons. The number of amides is 1. The second kappa shape index (κ2) is 10.1. The third-order valence-corrected chi connectivity index (χ3v) is 6.39. The van der Waals surface area contributed by atoms with Crippen LogP contribution in [0.4, 0.5) is 5.82 Å². The first-order chi connectivity index (χ1) is 14.0. The highest BCUT2D eigenvalue weighted by molar-refractivity contribution is 7.84. The van der Waals surface area contributed by atoms with E-state index in [1.807, 2.05) is 28.8 Å². The zero-order chi connectivity index (χ0) is 20.8. The van der Waals surface area contributed by atoms with Gasteiger partial charge in [0.2, 0.25) is 11.2 Å². The molecule has 1 aromatic heterocycles. The van der Waals surface area contributed by atoms with E-state index in [1.165, 1.54) is 4.31 Å². The van der Waals surface area contributed by atoms with Gasteiger partial charge in [0.15, 0.2) is 11.5 Å². The maximum Gasteiger partial charge on any atom is 0.287 e. The van der Waals surface area contributed by atoms with Crippen molar-refractivity contribution in [3.05, 3.63) is 41.3 Å². The Kier molecular flexibility index (Phi) is 7.55. The van der Waals surface area contributed by atoms with Crippen molar-refractivity contribution < 1.29 is 13.7 Å². The van der Waals surface area contributed by atoms with Crippen LogP contribution in [0.5, 0.6) is 5.75 Å². The Morgan fingerprint density at radius 1 is 1.10 bits per heavy atom.